The number of hydrogen-bond donors (Lipinski definition) is 1. The van der Waals surface area contributed by atoms with Crippen molar-refractivity contribution in [2.75, 3.05) is 19.8 Å². The van der Waals surface area contributed by atoms with Crippen LogP contribution in [-0.4, -0.2) is 41.4 Å². The first kappa shape index (κ1) is 9.16. The predicted molar refractivity (Wildman–Crippen MR) is 49.3 cm³/mol. The molecule has 0 aliphatic carbocycles. The number of alkyl halides is 1. The monoisotopic (exact) mass is 185 g/mol. The summed E-state index contributed by atoms with van der Waals surface area (Å²) >= 11 is 0. The van der Waals surface area contributed by atoms with Crippen LogP contribution in [0.15, 0.2) is 12.2 Å². The lowest BCUT2D eigenvalue weighted by Gasteiger charge is -2.31. The molecule has 3 heteroatoms. The zero-order valence-electron chi connectivity index (χ0n) is 7.80. The summed E-state index contributed by atoms with van der Waals surface area (Å²) < 4.78 is 12.6. The second-order valence-electron chi connectivity index (χ2n) is 4.28. The maximum atomic E-state index is 12.6. The van der Waals surface area contributed by atoms with Crippen LogP contribution in [0.4, 0.5) is 4.39 Å². The average molecular weight is 185 g/mol. The number of aliphatic hydroxyl groups is 1. The zero-order chi connectivity index (χ0) is 9.47. The zero-order valence-corrected chi connectivity index (χ0v) is 7.80. The van der Waals surface area contributed by atoms with Crippen LogP contribution in [0.3, 0.4) is 0 Å². The second kappa shape index (κ2) is 3.07. The minimum atomic E-state index is -0.297. The number of halogens is 1. The summed E-state index contributed by atoms with van der Waals surface area (Å²) in [5, 5.41) is 9.35. The fourth-order valence-electron chi connectivity index (χ4n) is 2.76. The van der Waals surface area contributed by atoms with E-state index in [0.717, 1.165) is 31.4 Å². The Bertz CT molecular complexity index is 231. The fraction of sp³-hybridized carbons (Fsp3) is 0.800. The summed E-state index contributed by atoms with van der Waals surface area (Å²) in [6, 6.07) is 0.0198. The third kappa shape index (κ3) is 1.22. The van der Waals surface area contributed by atoms with Gasteiger partial charge in [0.05, 0.1) is 6.61 Å². The predicted octanol–water partition coefficient (Wildman–Crippen LogP) is 1.11. The van der Waals surface area contributed by atoms with Gasteiger partial charge in [0.2, 0.25) is 0 Å². The van der Waals surface area contributed by atoms with E-state index in [1.54, 1.807) is 0 Å². The number of aliphatic hydroxyl groups excluding tert-OH is 1. The standard InChI is InChI=1S/C10H16FNO/c1-8-4-10(7-13)3-2-9(5-11)12(10)6-8/h9,13H,1-7H2/t9-,10-/m0/s1. The Hall–Kier alpha value is -0.410. The molecule has 0 amide bonds. The molecule has 2 rings (SSSR count). The molecule has 0 bridgehead atoms. The lowest BCUT2D eigenvalue weighted by molar-refractivity contribution is 0.0708. The van der Waals surface area contributed by atoms with Gasteiger partial charge in [-0.3, -0.25) is 4.90 Å². The first-order valence-electron chi connectivity index (χ1n) is 4.82. The van der Waals surface area contributed by atoms with E-state index in [0.29, 0.717) is 0 Å². The van der Waals surface area contributed by atoms with Crippen molar-refractivity contribution in [3.8, 4) is 0 Å². The molecule has 2 nitrogen and oxygen atoms in total. The molecule has 74 valence electrons. The quantitative estimate of drug-likeness (QED) is 0.651. The van der Waals surface area contributed by atoms with Gasteiger partial charge in [0.25, 0.3) is 0 Å². The van der Waals surface area contributed by atoms with Gasteiger partial charge in [-0.1, -0.05) is 12.2 Å². The maximum Gasteiger partial charge on any atom is 0.105 e. The SMILES string of the molecule is C=C1CN2[C@H](CF)CC[C@@]2(CO)C1. The Labute approximate surface area is 78.0 Å². The molecule has 2 aliphatic rings. The number of hydrogen-bond acceptors (Lipinski definition) is 2. The molecule has 0 radical (unpaired) electrons. The van der Waals surface area contributed by atoms with Crippen molar-refractivity contribution in [3.63, 3.8) is 0 Å². The van der Waals surface area contributed by atoms with E-state index in [9.17, 15) is 9.50 Å². The van der Waals surface area contributed by atoms with Gasteiger partial charge in [0.15, 0.2) is 0 Å². The van der Waals surface area contributed by atoms with Gasteiger partial charge >= 0.3 is 0 Å². The van der Waals surface area contributed by atoms with E-state index < -0.39 is 0 Å². The number of fused-ring (bicyclic) bond motifs is 1. The summed E-state index contributed by atoms with van der Waals surface area (Å²) in [6.45, 7) is 4.54. The van der Waals surface area contributed by atoms with Gasteiger partial charge in [-0.25, -0.2) is 4.39 Å². The minimum absolute atomic E-state index is 0.0198. The van der Waals surface area contributed by atoms with Crippen LogP contribution in [0, 0.1) is 0 Å². The molecule has 13 heavy (non-hydrogen) atoms. The van der Waals surface area contributed by atoms with E-state index >= 15 is 0 Å². The van der Waals surface area contributed by atoms with E-state index in [2.05, 4.69) is 11.5 Å². The van der Waals surface area contributed by atoms with Crippen molar-refractivity contribution in [1.82, 2.24) is 4.90 Å². The molecule has 0 unspecified atom stereocenters. The molecule has 2 atom stereocenters. The van der Waals surface area contributed by atoms with Crippen LogP contribution in [0.2, 0.25) is 0 Å². The lowest BCUT2D eigenvalue weighted by atomic mass is 9.94. The van der Waals surface area contributed by atoms with Crippen molar-refractivity contribution in [3.05, 3.63) is 12.2 Å². The number of nitrogens with zero attached hydrogens (tertiary/aromatic N) is 1. The summed E-state index contributed by atoms with van der Waals surface area (Å²) in [5.74, 6) is 0. The Morgan fingerprint density at radius 2 is 2.46 bits per heavy atom. The van der Waals surface area contributed by atoms with Crippen molar-refractivity contribution < 1.29 is 9.50 Å². The molecule has 0 saturated carbocycles. The molecule has 1 N–H and O–H groups in total. The van der Waals surface area contributed by atoms with Crippen LogP contribution < -0.4 is 0 Å². The summed E-state index contributed by atoms with van der Waals surface area (Å²) in [4.78, 5) is 2.11. The van der Waals surface area contributed by atoms with Crippen LogP contribution in [-0.2, 0) is 0 Å². The van der Waals surface area contributed by atoms with Crippen molar-refractivity contribution >= 4 is 0 Å². The topological polar surface area (TPSA) is 23.5 Å². The normalized spacial score (nSPS) is 39.8. The van der Waals surface area contributed by atoms with Gasteiger partial charge in [-0.05, 0) is 19.3 Å². The minimum Gasteiger partial charge on any atom is -0.394 e. The largest absolute Gasteiger partial charge is 0.394 e. The van der Waals surface area contributed by atoms with E-state index in [1.165, 1.54) is 0 Å². The summed E-state index contributed by atoms with van der Waals surface area (Å²) in [5.41, 5.74) is 0.973. The summed E-state index contributed by atoms with van der Waals surface area (Å²) in [6.07, 6.45) is 2.64. The first-order chi connectivity index (χ1) is 6.22. The van der Waals surface area contributed by atoms with E-state index in [-0.39, 0.29) is 24.9 Å². The molecule has 2 aliphatic heterocycles. The molecular formula is C10H16FNO. The van der Waals surface area contributed by atoms with Crippen molar-refractivity contribution in [1.29, 1.82) is 0 Å². The molecular weight excluding hydrogens is 169 g/mol. The van der Waals surface area contributed by atoms with Gasteiger partial charge in [0, 0.05) is 18.1 Å². The highest BCUT2D eigenvalue weighted by Gasteiger charge is 2.49. The molecule has 0 aromatic heterocycles. The first-order valence-corrected chi connectivity index (χ1v) is 4.82. The van der Waals surface area contributed by atoms with Crippen molar-refractivity contribution in [2.45, 2.75) is 30.8 Å². The maximum absolute atomic E-state index is 12.6. The van der Waals surface area contributed by atoms with Crippen LogP contribution in [0.25, 0.3) is 0 Å². The third-order valence-electron chi connectivity index (χ3n) is 3.44. The smallest absolute Gasteiger partial charge is 0.105 e. The lowest BCUT2D eigenvalue weighted by Crippen LogP contribution is -2.45. The Balaban J connectivity index is 2.21. The molecule has 2 fully saturated rings. The molecule has 2 heterocycles. The van der Waals surface area contributed by atoms with Crippen LogP contribution in [0.5, 0.6) is 0 Å². The van der Waals surface area contributed by atoms with Gasteiger partial charge < -0.3 is 5.11 Å². The second-order valence-corrected chi connectivity index (χ2v) is 4.28. The molecule has 0 aromatic carbocycles. The summed E-state index contributed by atoms with van der Waals surface area (Å²) in [7, 11) is 0. The van der Waals surface area contributed by atoms with Crippen LogP contribution in [0.1, 0.15) is 19.3 Å². The van der Waals surface area contributed by atoms with Crippen LogP contribution >= 0.6 is 0 Å². The van der Waals surface area contributed by atoms with Crippen molar-refractivity contribution in [2.24, 2.45) is 0 Å². The molecule has 2 saturated heterocycles. The van der Waals surface area contributed by atoms with E-state index in [4.69, 9.17) is 0 Å². The highest BCUT2D eigenvalue weighted by Crippen LogP contribution is 2.43. The third-order valence-corrected chi connectivity index (χ3v) is 3.44. The Kier molecular flexibility index (Phi) is 2.16. The Morgan fingerprint density at radius 3 is 3.08 bits per heavy atom. The molecule has 0 aromatic rings. The highest BCUT2D eigenvalue weighted by atomic mass is 19.1. The van der Waals surface area contributed by atoms with Gasteiger partial charge in [-0.2, -0.15) is 0 Å². The van der Waals surface area contributed by atoms with Gasteiger partial charge in [-0.15, -0.1) is 0 Å². The van der Waals surface area contributed by atoms with E-state index in [1.807, 2.05) is 0 Å². The number of rotatable bonds is 2. The fourth-order valence-corrected chi connectivity index (χ4v) is 2.76. The van der Waals surface area contributed by atoms with Gasteiger partial charge in [0.1, 0.15) is 6.67 Å². The Morgan fingerprint density at radius 1 is 1.69 bits per heavy atom. The molecule has 0 spiro atoms. The highest BCUT2D eigenvalue weighted by molar-refractivity contribution is 5.19. The average Bonchev–Trinajstić information content (AvgIpc) is 2.59.